The first-order valence-corrected chi connectivity index (χ1v) is 11.5. The second-order valence-corrected chi connectivity index (χ2v) is 8.39. The highest BCUT2D eigenvalue weighted by Gasteiger charge is 2.34. The second kappa shape index (κ2) is 9.77. The van der Waals surface area contributed by atoms with E-state index >= 15 is 0 Å². The molecule has 0 unspecified atom stereocenters. The van der Waals surface area contributed by atoms with E-state index in [0.29, 0.717) is 24.2 Å². The van der Waals surface area contributed by atoms with Crippen LogP contribution in [0.2, 0.25) is 0 Å². The Bertz CT molecular complexity index is 1340. The van der Waals surface area contributed by atoms with Gasteiger partial charge in [-0.1, -0.05) is 60.7 Å². The zero-order valence-electron chi connectivity index (χ0n) is 19.1. The van der Waals surface area contributed by atoms with E-state index in [4.69, 9.17) is 0 Å². The lowest BCUT2D eigenvalue weighted by Crippen LogP contribution is -2.34. The predicted octanol–water partition coefficient (Wildman–Crippen LogP) is 3.90. The van der Waals surface area contributed by atoms with Crippen molar-refractivity contribution in [1.29, 1.82) is 0 Å². The summed E-state index contributed by atoms with van der Waals surface area (Å²) in [4.78, 5) is 38.6. The molecule has 1 N–H and O–H groups in total. The van der Waals surface area contributed by atoms with Gasteiger partial charge in [0.25, 0.3) is 11.8 Å². The SMILES string of the molecule is O=C(CCN1C(=O)c2ccccc2C1=O)NCc1ccccc1-c1ccc(Cn2cccn2)cc1. The van der Waals surface area contributed by atoms with Crippen LogP contribution < -0.4 is 5.32 Å². The van der Waals surface area contributed by atoms with Crippen LogP contribution in [0.25, 0.3) is 11.1 Å². The van der Waals surface area contributed by atoms with E-state index in [9.17, 15) is 14.4 Å². The van der Waals surface area contributed by atoms with Crippen molar-refractivity contribution >= 4 is 17.7 Å². The van der Waals surface area contributed by atoms with Gasteiger partial charge < -0.3 is 5.32 Å². The number of amides is 3. The monoisotopic (exact) mass is 464 g/mol. The number of nitrogens with zero attached hydrogens (tertiary/aromatic N) is 3. The van der Waals surface area contributed by atoms with Crippen molar-refractivity contribution in [2.75, 3.05) is 6.54 Å². The Morgan fingerprint density at radius 1 is 0.800 bits per heavy atom. The van der Waals surface area contributed by atoms with Crippen LogP contribution in [0.5, 0.6) is 0 Å². The first-order valence-electron chi connectivity index (χ1n) is 11.5. The third kappa shape index (κ3) is 4.75. The fourth-order valence-electron chi connectivity index (χ4n) is 4.26. The van der Waals surface area contributed by atoms with Gasteiger partial charge in [0, 0.05) is 31.9 Å². The van der Waals surface area contributed by atoms with Crippen molar-refractivity contribution in [1.82, 2.24) is 20.0 Å². The van der Waals surface area contributed by atoms with Gasteiger partial charge >= 0.3 is 0 Å². The highest BCUT2D eigenvalue weighted by molar-refractivity contribution is 6.21. The summed E-state index contributed by atoms with van der Waals surface area (Å²) in [6.45, 7) is 1.11. The number of hydrogen-bond donors (Lipinski definition) is 1. The first kappa shape index (κ1) is 22.3. The van der Waals surface area contributed by atoms with Gasteiger partial charge in [0.05, 0.1) is 17.7 Å². The third-order valence-corrected chi connectivity index (χ3v) is 6.10. The van der Waals surface area contributed by atoms with Gasteiger partial charge in [-0.3, -0.25) is 24.0 Å². The molecule has 174 valence electrons. The van der Waals surface area contributed by atoms with Crippen molar-refractivity contribution in [2.24, 2.45) is 0 Å². The van der Waals surface area contributed by atoms with Crippen LogP contribution in [0.1, 0.15) is 38.3 Å². The van der Waals surface area contributed by atoms with Crippen LogP contribution in [0.4, 0.5) is 0 Å². The number of carbonyl (C=O) groups is 3. The summed E-state index contributed by atoms with van der Waals surface area (Å²) >= 11 is 0. The van der Waals surface area contributed by atoms with E-state index in [2.05, 4.69) is 34.7 Å². The molecule has 4 aromatic rings. The standard InChI is InChI=1S/C28H24N4O3/c33-26(14-17-32-27(34)24-8-3-4-9-25(24)28(32)35)29-18-22-6-1-2-7-23(22)21-12-10-20(11-13-21)19-31-16-5-15-30-31/h1-13,15-16H,14,17-19H2,(H,29,33). The van der Waals surface area contributed by atoms with Gasteiger partial charge in [-0.25, -0.2) is 0 Å². The molecule has 0 radical (unpaired) electrons. The van der Waals surface area contributed by atoms with Gasteiger partial charge in [0.15, 0.2) is 0 Å². The van der Waals surface area contributed by atoms with Crippen molar-refractivity contribution in [3.8, 4) is 11.1 Å². The van der Waals surface area contributed by atoms with E-state index < -0.39 is 0 Å². The highest BCUT2D eigenvalue weighted by Crippen LogP contribution is 2.25. The van der Waals surface area contributed by atoms with Gasteiger partial charge in [-0.15, -0.1) is 0 Å². The molecular weight excluding hydrogens is 440 g/mol. The third-order valence-electron chi connectivity index (χ3n) is 6.10. The topological polar surface area (TPSA) is 84.3 Å². The Balaban J connectivity index is 1.19. The number of imide groups is 1. The normalized spacial score (nSPS) is 12.6. The minimum Gasteiger partial charge on any atom is -0.352 e. The number of benzene rings is 3. The van der Waals surface area contributed by atoms with E-state index in [-0.39, 0.29) is 30.7 Å². The number of aromatic nitrogens is 2. The summed E-state index contributed by atoms with van der Waals surface area (Å²) in [5, 5.41) is 7.17. The molecule has 1 aromatic heterocycles. The molecule has 0 spiro atoms. The van der Waals surface area contributed by atoms with Crippen LogP contribution in [0.15, 0.2) is 91.3 Å². The number of fused-ring (bicyclic) bond motifs is 1. The largest absolute Gasteiger partial charge is 0.352 e. The molecule has 7 heteroatoms. The highest BCUT2D eigenvalue weighted by atomic mass is 16.2. The molecule has 5 rings (SSSR count). The van der Waals surface area contributed by atoms with Gasteiger partial charge in [0.1, 0.15) is 0 Å². The number of rotatable bonds is 8. The maximum absolute atomic E-state index is 12.5. The van der Waals surface area contributed by atoms with Gasteiger partial charge in [-0.05, 0) is 40.5 Å². The summed E-state index contributed by atoms with van der Waals surface area (Å²) in [5.41, 5.74) is 5.02. The molecule has 35 heavy (non-hydrogen) atoms. The first-order chi connectivity index (χ1) is 17.1. The maximum Gasteiger partial charge on any atom is 0.261 e. The average Bonchev–Trinajstić information content (AvgIpc) is 3.49. The Morgan fingerprint density at radius 3 is 2.11 bits per heavy atom. The zero-order valence-corrected chi connectivity index (χ0v) is 19.1. The fourth-order valence-corrected chi connectivity index (χ4v) is 4.26. The van der Waals surface area contributed by atoms with Gasteiger partial charge in [0.2, 0.25) is 5.91 Å². The smallest absolute Gasteiger partial charge is 0.261 e. The van der Waals surface area contributed by atoms with Crippen LogP contribution in [-0.4, -0.2) is 38.9 Å². The molecule has 0 aliphatic carbocycles. The van der Waals surface area contributed by atoms with Gasteiger partial charge in [-0.2, -0.15) is 5.10 Å². The molecule has 3 amide bonds. The number of hydrogen-bond acceptors (Lipinski definition) is 4. The lowest BCUT2D eigenvalue weighted by Gasteiger charge is -2.14. The van der Waals surface area contributed by atoms with E-state index in [0.717, 1.165) is 27.2 Å². The second-order valence-electron chi connectivity index (χ2n) is 8.39. The molecule has 1 aliphatic rings. The summed E-state index contributed by atoms with van der Waals surface area (Å²) in [6.07, 6.45) is 3.74. The van der Waals surface area contributed by atoms with E-state index in [1.807, 2.05) is 41.2 Å². The van der Waals surface area contributed by atoms with Crippen LogP contribution >= 0.6 is 0 Å². The minimum absolute atomic E-state index is 0.0513. The molecule has 1 aliphatic heterocycles. The van der Waals surface area contributed by atoms with Crippen LogP contribution in [0.3, 0.4) is 0 Å². The minimum atomic E-state index is -0.347. The van der Waals surface area contributed by atoms with E-state index in [1.165, 1.54) is 0 Å². The molecule has 7 nitrogen and oxygen atoms in total. The summed E-state index contributed by atoms with van der Waals surface area (Å²) < 4.78 is 1.88. The lowest BCUT2D eigenvalue weighted by atomic mass is 9.98. The quantitative estimate of drug-likeness (QED) is 0.401. The summed E-state index contributed by atoms with van der Waals surface area (Å²) in [5.74, 6) is -0.912. The molecule has 0 bridgehead atoms. The Kier molecular flexibility index (Phi) is 6.22. The fraction of sp³-hybridized carbons (Fsp3) is 0.143. The predicted molar refractivity (Wildman–Crippen MR) is 131 cm³/mol. The maximum atomic E-state index is 12.5. The van der Waals surface area contributed by atoms with Crippen LogP contribution in [-0.2, 0) is 17.9 Å². The number of nitrogens with one attached hydrogen (secondary N) is 1. The Morgan fingerprint density at radius 2 is 1.46 bits per heavy atom. The van der Waals surface area contributed by atoms with Crippen molar-refractivity contribution < 1.29 is 14.4 Å². The molecule has 3 aromatic carbocycles. The van der Waals surface area contributed by atoms with Crippen molar-refractivity contribution in [3.05, 3.63) is 114 Å². The zero-order chi connectivity index (χ0) is 24.2. The summed E-state index contributed by atoms with van der Waals surface area (Å²) in [6, 6.07) is 24.9. The Hall–Kier alpha value is -4.52. The lowest BCUT2D eigenvalue weighted by molar-refractivity contribution is -0.121. The van der Waals surface area contributed by atoms with Crippen molar-refractivity contribution in [3.63, 3.8) is 0 Å². The summed E-state index contributed by atoms with van der Waals surface area (Å²) in [7, 11) is 0. The Labute approximate surface area is 203 Å². The molecule has 0 saturated carbocycles. The van der Waals surface area contributed by atoms with Crippen molar-refractivity contribution in [2.45, 2.75) is 19.5 Å². The molecule has 0 fully saturated rings. The average molecular weight is 465 g/mol. The molecule has 2 heterocycles. The van der Waals surface area contributed by atoms with E-state index in [1.54, 1.807) is 30.5 Å². The molecule has 0 saturated heterocycles. The van der Waals surface area contributed by atoms with Crippen LogP contribution in [0, 0.1) is 0 Å². The molecule has 0 atom stereocenters. The number of carbonyl (C=O) groups excluding carboxylic acids is 3. The molecular formula is C28H24N4O3.